The summed E-state index contributed by atoms with van der Waals surface area (Å²) in [7, 11) is 0. The van der Waals surface area contributed by atoms with E-state index < -0.39 is 0 Å². The second-order valence-electron chi connectivity index (χ2n) is 6.63. The monoisotopic (exact) mass is 386 g/mol. The summed E-state index contributed by atoms with van der Waals surface area (Å²) in [5.74, 6) is 1.05. The number of benzene rings is 1. The third-order valence-electron chi connectivity index (χ3n) is 4.86. The van der Waals surface area contributed by atoms with Crippen molar-refractivity contribution in [1.29, 1.82) is 0 Å². The van der Waals surface area contributed by atoms with Gasteiger partial charge in [0.15, 0.2) is 5.82 Å². The fraction of sp³-hybridized carbons (Fsp3) is 0.150. The summed E-state index contributed by atoms with van der Waals surface area (Å²) in [6.07, 6.45) is 11.0. The number of nitrogens with one attached hydrogen (secondary N) is 1. The molecule has 0 radical (unpaired) electrons. The van der Waals surface area contributed by atoms with Gasteiger partial charge in [0.25, 0.3) is 0 Å². The summed E-state index contributed by atoms with van der Waals surface area (Å²) >= 11 is 0. The van der Waals surface area contributed by atoms with Crippen molar-refractivity contribution in [3.05, 3.63) is 67.6 Å². The number of amides is 1. The fourth-order valence-electron chi connectivity index (χ4n) is 3.50. The lowest BCUT2D eigenvalue weighted by atomic mass is 10.1. The molecule has 1 aromatic carbocycles. The van der Waals surface area contributed by atoms with Crippen LogP contribution in [0.5, 0.6) is 0 Å². The third-order valence-corrected chi connectivity index (χ3v) is 4.86. The lowest BCUT2D eigenvalue weighted by Gasteiger charge is -2.36. The molecule has 1 aliphatic rings. The Hall–Kier alpha value is -4.01. The average molecular weight is 386 g/mol. The van der Waals surface area contributed by atoms with Crippen LogP contribution in [-0.4, -0.2) is 41.2 Å². The molecule has 4 aromatic rings. The Morgan fingerprint density at radius 3 is 2.79 bits per heavy atom. The summed E-state index contributed by atoms with van der Waals surface area (Å²) in [5, 5.41) is 7.23. The quantitative estimate of drug-likeness (QED) is 0.580. The largest absolute Gasteiger partial charge is 0.320 e. The van der Waals surface area contributed by atoms with Crippen LogP contribution in [0.25, 0.3) is 11.6 Å². The van der Waals surface area contributed by atoms with Crippen molar-refractivity contribution in [1.82, 2.24) is 29.3 Å². The van der Waals surface area contributed by atoms with Gasteiger partial charge in [0, 0.05) is 30.5 Å². The van der Waals surface area contributed by atoms with Gasteiger partial charge in [-0.15, -0.1) is 0 Å². The molecule has 0 aliphatic carbocycles. The second kappa shape index (κ2) is 6.86. The topological polar surface area (TPSA) is 93.8 Å². The van der Waals surface area contributed by atoms with Gasteiger partial charge >= 0.3 is 0 Å². The van der Waals surface area contributed by atoms with Crippen LogP contribution < -0.4 is 10.2 Å². The van der Waals surface area contributed by atoms with E-state index in [4.69, 9.17) is 4.98 Å². The summed E-state index contributed by atoms with van der Waals surface area (Å²) < 4.78 is 3.52. The van der Waals surface area contributed by atoms with Gasteiger partial charge in [-0.2, -0.15) is 10.1 Å². The van der Waals surface area contributed by atoms with Crippen molar-refractivity contribution in [2.24, 2.45) is 0 Å². The molecule has 9 nitrogen and oxygen atoms in total. The lowest BCUT2D eigenvalue weighted by Crippen LogP contribution is -2.45. The highest BCUT2D eigenvalue weighted by Gasteiger charge is 2.34. The van der Waals surface area contributed by atoms with E-state index in [0.29, 0.717) is 23.9 Å². The van der Waals surface area contributed by atoms with Gasteiger partial charge in [0.05, 0.1) is 11.9 Å². The van der Waals surface area contributed by atoms with E-state index >= 15 is 0 Å². The van der Waals surface area contributed by atoms with Crippen LogP contribution >= 0.6 is 0 Å². The molecule has 1 atom stereocenters. The number of aromatic nitrogens is 6. The van der Waals surface area contributed by atoms with E-state index in [1.807, 2.05) is 48.4 Å². The van der Waals surface area contributed by atoms with Crippen molar-refractivity contribution in [3.63, 3.8) is 0 Å². The maximum Gasteiger partial charge on any atom is 0.247 e. The Morgan fingerprint density at radius 2 is 2.03 bits per heavy atom. The Bertz CT molecular complexity index is 1150. The standard InChI is InChI=1S/C20H18N8O/c1-2-17-19(29)24-16-12-22-20(26-10-8-21-13-26)25-18(16)28(17)15-6-3-5-14(11-15)27-9-4-7-23-27/h3-13,17H,2H2,1H3,(H,24,29). The summed E-state index contributed by atoms with van der Waals surface area (Å²) in [5.41, 5.74) is 2.34. The first-order chi connectivity index (χ1) is 14.2. The molecule has 1 N–H and O–H groups in total. The molecule has 3 aromatic heterocycles. The van der Waals surface area contributed by atoms with Crippen molar-refractivity contribution in [3.8, 4) is 11.6 Å². The van der Waals surface area contributed by atoms with Crippen LogP contribution in [0.15, 0.2) is 67.6 Å². The molecule has 1 unspecified atom stereocenters. The minimum absolute atomic E-state index is 0.0801. The van der Waals surface area contributed by atoms with Gasteiger partial charge in [0.2, 0.25) is 11.9 Å². The normalized spacial score (nSPS) is 15.8. The average Bonchev–Trinajstić information content (AvgIpc) is 3.47. The van der Waals surface area contributed by atoms with E-state index in [1.165, 1.54) is 0 Å². The molecule has 5 rings (SSSR count). The second-order valence-corrected chi connectivity index (χ2v) is 6.63. The molecule has 144 valence electrons. The highest BCUT2D eigenvalue weighted by atomic mass is 16.2. The van der Waals surface area contributed by atoms with Crippen molar-refractivity contribution in [2.75, 3.05) is 10.2 Å². The Balaban J connectivity index is 1.66. The van der Waals surface area contributed by atoms with Gasteiger partial charge in [0.1, 0.15) is 18.1 Å². The zero-order valence-corrected chi connectivity index (χ0v) is 15.7. The number of hydrogen-bond donors (Lipinski definition) is 1. The van der Waals surface area contributed by atoms with Crippen LogP contribution in [0.1, 0.15) is 13.3 Å². The first kappa shape index (κ1) is 17.1. The molecule has 0 spiro atoms. The van der Waals surface area contributed by atoms with E-state index in [-0.39, 0.29) is 11.9 Å². The highest BCUT2D eigenvalue weighted by molar-refractivity contribution is 6.04. The summed E-state index contributed by atoms with van der Waals surface area (Å²) in [4.78, 5) is 27.9. The maximum atomic E-state index is 12.8. The maximum absolute atomic E-state index is 12.8. The number of hydrogen-bond acceptors (Lipinski definition) is 6. The predicted molar refractivity (Wildman–Crippen MR) is 108 cm³/mol. The van der Waals surface area contributed by atoms with Crippen molar-refractivity contribution < 1.29 is 4.79 Å². The van der Waals surface area contributed by atoms with E-state index in [1.54, 1.807) is 40.4 Å². The number of carbonyl (C=O) groups is 1. The molecule has 0 bridgehead atoms. The summed E-state index contributed by atoms with van der Waals surface area (Å²) in [6, 6.07) is 9.37. The number of rotatable bonds is 4. The number of carbonyl (C=O) groups excluding carboxylic acids is 1. The molecule has 0 fully saturated rings. The first-order valence-corrected chi connectivity index (χ1v) is 9.30. The number of fused-ring (bicyclic) bond motifs is 1. The SMILES string of the molecule is CCC1C(=O)Nc2cnc(-n3ccnc3)nc2N1c1cccc(-n2cccn2)c1. The molecule has 4 heterocycles. The van der Waals surface area contributed by atoms with Gasteiger partial charge in [-0.05, 0) is 30.7 Å². The molecular formula is C20H18N8O. The van der Waals surface area contributed by atoms with Gasteiger partial charge in [-0.3, -0.25) is 9.36 Å². The lowest BCUT2D eigenvalue weighted by molar-refractivity contribution is -0.117. The smallest absolute Gasteiger partial charge is 0.247 e. The van der Waals surface area contributed by atoms with Crippen LogP contribution in [0.2, 0.25) is 0 Å². The van der Waals surface area contributed by atoms with Crippen LogP contribution in [0.3, 0.4) is 0 Å². The summed E-state index contributed by atoms with van der Waals surface area (Å²) in [6.45, 7) is 1.98. The highest BCUT2D eigenvalue weighted by Crippen LogP contribution is 2.37. The molecule has 1 aliphatic heterocycles. The number of nitrogens with zero attached hydrogens (tertiary/aromatic N) is 7. The minimum Gasteiger partial charge on any atom is -0.320 e. The van der Waals surface area contributed by atoms with Gasteiger partial charge in [-0.1, -0.05) is 13.0 Å². The van der Waals surface area contributed by atoms with Crippen LogP contribution in [0, 0.1) is 0 Å². The Kier molecular flexibility index (Phi) is 4.05. The zero-order valence-electron chi connectivity index (χ0n) is 15.7. The Morgan fingerprint density at radius 1 is 1.14 bits per heavy atom. The fourth-order valence-corrected chi connectivity index (χ4v) is 3.50. The van der Waals surface area contributed by atoms with Crippen molar-refractivity contribution in [2.45, 2.75) is 19.4 Å². The van der Waals surface area contributed by atoms with E-state index in [9.17, 15) is 4.79 Å². The minimum atomic E-state index is -0.388. The molecule has 0 saturated heterocycles. The molecular weight excluding hydrogens is 368 g/mol. The molecule has 29 heavy (non-hydrogen) atoms. The molecule has 1 amide bonds. The predicted octanol–water partition coefficient (Wildman–Crippen LogP) is 2.72. The van der Waals surface area contributed by atoms with Crippen molar-refractivity contribution >= 4 is 23.1 Å². The number of imidazole rings is 1. The Labute approximate surface area is 166 Å². The van der Waals surface area contributed by atoms with Gasteiger partial charge < -0.3 is 10.2 Å². The molecule has 0 saturated carbocycles. The zero-order chi connectivity index (χ0) is 19.8. The number of anilines is 3. The van der Waals surface area contributed by atoms with Crippen LogP contribution in [0.4, 0.5) is 17.2 Å². The van der Waals surface area contributed by atoms with E-state index in [0.717, 1.165) is 11.4 Å². The van der Waals surface area contributed by atoms with Gasteiger partial charge in [-0.25, -0.2) is 14.6 Å². The first-order valence-electron chi connectivity index (χ1n) is 9.30. The molecule has 9 heteroatoms. The van der Waals surface area contributed by atoms with Crippen LogP contribution in [-0.2, 0) is 4.79 Å². The van der Waals surface area contributed by atoms with E-state index in [2.05, 4.69) is 20.4 Å². The third kappa shape index (κ3) is 2.92.